The first-order valence-electron chi connectivity index (χ1n) is 8.04. The Morgan fingerprint density at radius 3 is 2.32 bits per heavy atom. The van der Waals surface area contributed by atoms with E-state index in [4.69, 9.17) is 0 Å². The van der Waals surface area contributed by atoms with Crippen molar-refractivity contribution >= 4 is 38.9 Å². The van der Waals surface area contributed by atoms with E-state index in [1.807, 2.05) is 18.2 Å². The van der Waals surface area contributed by atoms with Crippen molar-refractivity contribution in [1.29, 1.82) is 0 Å². The molecule has 2 aromatic carbocycles. The van der Waals surface area contributed by atoms with Crippen molar-refractivity contribution in [1.82, 2.24) is 10.7 Å². The third-order valence-corrected chi connectivity index (χ3v) is 5.24. The van der Waals surface area contributed by atoms with E-state index in [2.05, 4.69) is 5.32 Å². The number of para-hydroxylation sites is 1. The van der Waals surface area contributed by atoms with E-state index in [1.165, 1.54) is 34.9 Å². The average Bonchev–Trinajstić information content (AvgIpc) is 3.03. The Kier molecular flexibility index (Phi) is 5.25. The number of halogens is 1. The van der Waals surface area contributed by atoms with Crippen molar-refractivity contribution in [3.63, 3.8) is 0 Å². The van der Waals surface area contributed by atoms with Crippen LogP contribution < -0.4 is 17.0 Å². The number of carboxylic acids is 1. The summed E-state index contributed by atoms with van der Waals surface area (Å²) < 4.78 is 14.6. The molecule has 0 amide bonds. The van der Waals surface area contributed by atoms with Gasteiger partial charge in [0.2, 0.25) is 0 Å². The first-order chi connectivity index (χ1) is 13.0. The molecule has 28 heavy (non-hydrogen) atoms. The number of thiophene rings is 1. The number of carbonyl (C=O) groups is 1. The van der Waals surface area contributed by atoms with Crippen molar-refractivity contribution in [3.05, 3.63) is 87.8 Å². The number of hydrogen-bond donors (Lipinski definition) is 3. The van der Waals surface area contributed by atoms with Crippen LogP contribution in [0.4, 0.5) is 15.8 Å². The summed E-state index contributed by atoms with van der Waals surface area (Å²) in [5.41, 5.74) is 1.33. The minimum absolute atomic E-state index is 0. The Hall–Kier alpha value is -3.49. The molecule has 142 valence electrons. The molecule has 0 saturated carbocycles. The highest BCUT2D eigenvalue weighted by Gasteiger charge is 2.21. The van der Waals surface area contributed by atoms with Crippen LogP contribution in [0.1, 0.15) is 9.67 Å². The number of anilines is 2. The van der Waals surface area contributed by atoms with Gasteiger partial charge in [-0.2, -0.15) is 0 Å². The molecule has 5 N–H and O–H groups in total. The van der Waals surface area contributed by atoms with Crippen LogP contribution in [0.2, 0.25) is 0 Å². The summed E-state index contributed by atoms with van der Waals surface area (Å²) in [6.45, 7) is 0. The number of aromatic nitrogens is 1. The quantitative estimate of drug-likeness (QED) is 0.459. The molecule has 4 rings (SSSR count). The first-order valence-corrected chi connectivity index (χ1v) is 8.86. The fourth-order valence-electron chi connectivity index (χ4n) is 2.86. The third kappa shape index (κ3) is 3.38. The van der Waals surface area contributed by atoms with Crippen molar-refractivity contribution in [3.8, 4) is 5.69 Å². The van der Waals surface area contributed by atoms with Crippen molar-refractivity contribution in [2.75, 3.05) is 5.32 Å². The molecule has 0 saturated heterocycles. The third-order valence-electron chi connectivity index (χ3n) is 4.06. The van der Waals surface area contributed by atoms with Crippen LogP contribution in [0.15, 0.2) is 71.5 Å². The predicted octanol–water partition coefficient (Wildman–Crippen LogP) is 4.80. The lowest BCUT2D eigenvalue weighted by atomic mass is 10.2. The van der Waals surface area contributed by atoms with Crippen LogP contribution in [0.5, 0.6) is 0 Å². The van der Waals surface area contributed by atoms with Gasteiger partial charge < -0.3 is 16.6 Å². The Morgan fingerprint density at radius 1 is 1.00 bits per heavy atom. The van der Waals surface area contributed by atoms with E-state index in [0.29, 0.717) is 27.3 Å². The molecule has 0 atom stereocenters. The van der Waals surface area contributed by atoms with Gasteiger partial charge in [0.15, 0.2) is 0 Å². The number of aromatic carboxylic acids is 1. The van der Waals surface area contributed by atoms with Crippen molar-refractivity contribution < 1.29 is 14.3 Å². The highest BCUT2D eigenvalue weighted by molar-refractivity contribution is 7.21. The van der Waals surface area contributed by atoms with E-state index in [1.54, 1.807) is 18.2 Å². The summed E-state index contributed by atoms with van der Waals surface area (Å²) in [5.74, 6) is -1.49. The van der Waals surface area contributed by atoms with Gasteiger partial charge in [0.25, 0.3) is 5.56 Å². The van der Waals surface area contributed by atoms with Crippen LogP contribution >= 0.6 is 11.3 Å². The summed E-state index contributed by atoms with van der Waals surface area (Å²) in [6, 6.07) is 17.7. The molecule has 6 nitrogen and oxygen atoms in total. The molecule has 0 spiro atoms. The van der Waals surface area contributed by atoms with Crippen molar-refractivity contribution in [2.45, 2.75) is 0 Å². The van der Waals surface area contributed by atoms with Crippen LogP contribution in [-0.4, -0.2) is 15.6 Å². The molecule has 0 fully saturated rings. The summed E-state index contributed by atoms with van der Waals surface area (Å²) in [7, 11) is 0. The van der Waals surface area contributed by atoms with Gasteiger partial charge in [0.05, 0.1) is 11.4 Å². The molecule has 2 heterocycles. The monoisotopic (exact) mass is 397 g/mol. The second-order valence-electron chi connectivity index (χ2n) is 5.80. The van der Waals surface area contributed by atoms with Gasteiger partial charge in [-0.25, -0.2) is 9.18 Å². The van der Waals surface area contributed by atoms with Crippen LogP contribution in [-0.2, 0) is 0 Å². The summed E-state index contributed by atoms with van der Waals surface area (Å²) >= 11 is 1.02. The Morgan fingerprint density at radius 2 is 1.68 bits per heavy atom. The molecular weight excluding hydrogens is 381 g/mol. The summed E-state index contributed by atoms with van der Waals surface area (Å²) in [6.07, 6.45) is 0. The summed E-state index contributed by atoms with van der Waals surface area (Å²) in [5, 5.41) is 13.3. The maximum Gasteiger partial charge on any atom is 0.348 e. The average molecular weight is 397 g/mol. The number of nitrogens with one attached hydrogen (secondary N) is 1. The molecule has 0 bridgehead atoms. The van der Waals surface area contributed by atoms with E-state index in [0.717, 1.165) is 11.3 Å². The molecule has 0 radical (unpaired) electrons. The van der Waals surface area contributed by atoms with Crippen LogP contribution in [0.25, 0.3) is 15.9 Å². The molecule has 4 aromatic rings. The minimum atomic E-state index is -1.10. The standard InChI is InChI=1S/C20H13FN2O3S.H3N/c21-12-6-8-13(9-7-12)22-17-15-10-11-16(24)23(14-4-2-1-3-5-14)19(15)27-18(17)20(25)26;/h1-11,22H,(H,25,26);1H3. The van der Waals surface area contributed by atoms with Gasteiger partial charge in [-0.3, -0.25) is 9.36 Å². The predicted molar refractivity (Wildman–Crippen MR) is 109 cm³/mol. The van der Waals surface area contributed by atoms with Gasteiger partial charge in [-0.1, -0.05) is 18.2 Å². The van der Waals surface area contributed by atoms with Gasteiger partial charge in [-0.15, -0.1) is 11.3 Å². The minimum Gasteiger partial charge on any atom is -0.477 e. The number of carboxylic acid groups (broad SMARTS) is 1. The first kappa shape index (κ1) is 19.3. The maximum absolute atomic E-state index is 13.2. The zero-order chi connectivity index (χ0) is 19.0. The Labute approximate surface area is 163 Å². The largest absolute Gasteiger partial charge is 0.477 e. The smallest absolute Gasteiger partial charge is 0.348 e. The SMILES string of the molecule is N.O=C(O)c1sc2c(ccc(=O)n2-c2ccccc2)c1Nc1ccc(F)cc1. The molecular formula is C20H16FN3O3S. The van der Waals surface area contributed by atoms with Crippen molar-refractivity contribution in [2.24, 2.45) is 0 Å². The number of fused-ring (bicyclic) bond motifs is 1. The molecule has 2 aromatic heterocycles. The van der Waals surface area contributed by atoms with E-state index in [9.17, 15) is 19.1 Å². The molecule has 8 heteroatoms. The number of hydrogen-bond acceptors (Lipinski definition) is 5. The van der Waals surface area contributed by atoms with E-state index < -0.39 is 5.97 Å². The highest BCUT2D eigenvalue weighted by atomic mass is 32.1. The lowest BCUT2D eigenvalue weighted by molar-refractivity contribution is 0.0703. The zero-order valence-electron chi connectivity index (χ0n) is 14.6. The zero-order valence-corrected chi connectivity index (χ0v) is 15.4. The van der Waals surface area contributed by atoms with E-state index in [-0.39, 0.29) is 22.4 Å². The second-order valence-corrected chi connectivity index (χ2v) is 6.80. The highest BCUT2D eigenvalue weighted by Crippen LogP contribution is 2.37. The Bertz CT molecular complexity index is 1200. The molecule has 0 unspecified atom stereocenters. The van der Waals surface area contributed by atoms with Gasteiger partial charge >= 0.3 is 5.97 Å². The molecule has 0 aliphatic heterocycles. The number of nitrogens with zero attached hydrogens (tertiary/aromatic N) is 1. The lowest BCUT2D eigenvalue weighted by Gasteiger charge is -2.09. The van der Waals surface area contributed by atoms with Crippen LogP contribution in [0.3, 0.4) is 0 Å². The second kappa shape index (κ2) is 7.63. The van der Waals surface area contributed by atoms with Gasteiger partial charge in [0.1, 0.15) is 15.5 Å². The fraction of sp³-hybridized carbons (Fsp3) is 0. The maximum atomic E-state index is 13.2. The lowest BCUT2D eigenvalue weighted by Crippen LogP contribution is -2.16. The van der Waals surface area contributed by atoms with E-state index >= 15 is 0 Å². The van der Waals surface area contributed by atoms with Gasteiger partial charge in [-0.05, 0) is 42.5 Å². The van der Waals surface area contributed by atoms with Crippen LogP contribution in [0, 0.1) is 5.82 Å². The number of rotatable bonds is 4. The molecule has 0 aliphatic carbocycles. The molecule has 0 aliphatic rings. The normalized spacial score (nSPS) is 10.5. The topological polar surface area (TPSA) is 106 Å². The number of benzene rings is 2. The Balaban J connectivity index is 0.00000225. The van der Waals surface area contributed by atoms with Gasteiger partial charge in [0, 0.05) is 17.1 Å². The summed E-state index contributed by atoms with van der Waals surface area (Å²) in [4.78, 5) is 24.9. The fourth-order valence-corrected chi connectivity index (χ4v) is 3.97. The number of pyridine rings is 1.